The lowest BCUT2D eigenvalue weighted by molar-refractivity contribution is -0.141. The molecule has 0 heterocycles. The maximum Gasteiger partial charge on any atom is 0.306 e. The number of carbonyl (C=O) groups is 2. The Morgan fingerprint density at radius 2 is 2.12 bits per heavy atom. The molecule has 0 aromatic rings. The SMILES string of the molecule is C=CCNC(=O)CN(CCC(=O)OC)C(C)C. The van der Waals surface area contributed by atoms with Crippen LogP contribution >= 0.6 is 0 Å². The summed E-state index contributed by atoms with van der Waals surface area (Å²) < 4.78 is 4.57. The predicted octanol–water partition coefficient (Wildman–Crippen LogP) is 0.562. The van der Waals surface area contributed by atoms with E-state index in [0.717, 1.165) is 0 Å². The van der Waals surface area contributed by atoms with Gasteiger partial charge in [0.25, 0.3) is 0 Å². The number of carbonyl (C=O) groups excluding carboxylic acids is 2. The van der Waals surface area contributed by atoms with Crippen LogP contribution in [0.5, 0.6) is 0 Å². The summed E-state index contributed by atoms with van der Waals surface area (Å²) in [5, 5.41) is 2.70. The van der Waals surface area contributed by atoms with Crippen LogP contribution in [0.15, 0.2) is 12.7 Å². The first-order valence-electron chi connectivity index (χ1n) is 5.69. The average molecular weight is 242 g/mol. The lowest BCUT2D eigenvalue weighted by atomic mass is 10.2. The van der Waals surface area contributed by atoms with Crippen molar-refractivity contribution in [1.82, 2.24) is 10.2 Å². The van der Waals surface area contributed by atoms with Crippen molar-refractivity contribution in [2.75, 3.05) is 26.7 Å². The predicted molar refractivity (Wildman–Crippen MR) is 66.5 cm³/mol. The molecule has 17 heavy (non-hydrogen) atoms. The summed E-state index contributed by atoms with van der Waals surface area (Å²) in [5.74, 6) is -0.328. The number of rotatable bonds is 8. The Hall–Kier alpha value is -1.36. The van der Waals surface area contributed by atoms with E-state index < -0.39 is 0 Å². The van der Waals surface area contributed by atoms with E-state index in [9.17, 15) is 9.59 Å². The molecule has 1 amide bonds. The smallest absolute Gasteiger partial charge is 0.306 e. The second kappa shape index (κ2) is 8.75. The van der Waals surface area contributed by atoms with Gasteiger partial charge in [0.05, 0.1) is 20.1 Å². The van der Waals surface area contributed by atoms with Crippen molar-refractivity contribution in [3.8, 4) is 0 Å². The van der Waals surface area contributed by atoms with Crippen molar-refractivity contribution in [3.63, 3.8) is 0 Å². The quantitative estimate of drug-likeness (QED) is 0.499. The highest BCUT2D eigenvalue weighted by Crippen LogP contribution is 2.00. The summed E-state index contributed by atoms with van der Waals surface area (Å²) in [4.78, 5) is 24.5. The molecule has 5 heteroatoms. The number of hydrogen-bond acceptors (Lipinski definition) is 4. The molecule has 0 atom stereocenters. The molecule has 0 spiro atoms. The fourth-order valence-corrected chi connectivity index (χ4v) is 1.28. The number of nitrogens with one attached hydrogen (secondary N) is 1. The molecule has 0 bridgehead atoms. The van der Waals surface area contributed by atoms with Crippen LogP contribution in [0.4, 0.5) is 0 Å². The van der Waals surface area contributed by atoms with Crippen LogP contribution in [-0.2, 0) is 14.3 Å². The number of amides is 1. The summed E-state index contributed by atoms with van der Waals surface area (Å²) in [6.45, 7) is 8.76. The number of ether oxygens (including phenoxy) is 1. The van der Waals surface area contributed by atoms with E-state index >= 15 is 0 Å². The minimum absolute atomic E-state index is 0.0662. The Labute approximate surface area is 103 Å². The van der Waals surface area contributed by atoms with Crippen LogP contribution in [0.2, 0.25) is 0 Å². The number of hydrogen-bond donors (Lipinski definition) is 1. The van der Waals surface area contributed by atoms with Gasteiger partial charge >= 0.3 is 5.97 Å². The lowest BCUT2D eigenvalue weighted by Gasteiger charge is -2.25. The van der Waals surface area contributed by atoms with E-state index in [1.165, 1.54) is 7.11 Å². The lowest BCUT2D eigenvalue weighted by Crippen LogP contribution is -2.41. The molecule has 0 aromatic carbocycles. The first-order chi connectivity index (χ1) is 8.01. The molecule has 98 valence electrons. The van der Waals surface area contributed by atoms with Crippen molar-refractivity contribution >= 4 is 11.9 Å². The van der Waals surface area contributed by atoms with E-state index in [1.807, 2.05) is 18.7 Å². The zero-order valence-corrected chi connectivity index (χ0v) is 10.9. The second-order valence-corrected chi connectivity index (χ2v) is 3.98. The van der Waals surface area contributed by atoms with Gasteiger partial charge in [-0.3, -0.25) is 14.5 Å². The minimum Gasteiger partial charge on any atom is -0.469 e. The van der Waals surface area contributed by atoms with Crippen LogP contribution in [0.25, 0.3) is 0 Å². The summed E-state index contributed by atoms with van der Waals surface area (Å²) >= 11 is 0. The zero-order valence-electron chi connectivity index (χ0n) is 10.9. The van der Waals surface area contributed by atoms with Gasteiger partial charge in [0.2, 0.25) is 5.91 Å². The Balaban J connectivity index is 4.10. The van der Waals surface area contributed by atoms with Crippen LogP contribution in [0, 0.1) is 0 Å². The highest BCUT2D eigenvalue weighted by molar-refractivity contribution is 5.78. The molecule has 0 saturated heterocycles. The third kappa shape index (κ3) is 7.52. The van der Waals surface area contributed by atoms with Gasteiger partial charge in [-0.1, -0.05) is 6.08 Å². The van der Waals surface area contributed by atoms with Gasteiger partial charge in [-0.25, -0.2) is 0 Å². The molecule has 0 saturated carbocycles. The molecule has 0 aromatic heterocycles. The Morgan fingerprint density at radius 1 is 1.47 bits per heavy atom. The molecule has 0 rings (SSSR count). The summed E-state index contributed by atoms with van der Waals surface area (Å²) in [6.07, 6.45) is 1.93. The van der Waals surface area contributed by atoms with Gasteiger partial charge in [0.15, 0.2) is 0 Å². The van der Waals surface area contributed by atoms with E-state index in [1.54, 1.807) is 6.08 Å². The molecule has 0 radical (unpaired) electrons. The molecule has 0 unspecified atom stereocenters. The van der Waals surface area contributed by atoms with E-state index in [0.29, 0.717) is 19.5 Å². The molecular formula is C12H22N2O3. The van der Waals surface area contributed by atoms with Crippen LogP contribution in [0.1, 0.15) is 20.3 Å². The number of nitrogens with zero attached hydrogens (tertiary/aromatic N) is 1. The molecule has 1 N–H and O–H groups in total. The fourth-order valence-electron chi connectivity index (χ4n) is 1.28. The third-order valence-electron chi connectivity index (χ3n) is 2.35. The minimum atomic E-state index is -0.262. The molecular weight excluding hydrogens is 220 g/mol. The van der Waals surface area contributed by atoms with Gasteiger partial charge in [0, 0.05) is 19.1 Å². The summed E-state index contributed by atoms with van der Waals surface area (Å²) in [7, 11) is 1.36. The number of esters is 1. The Bertz CT molecular complexity index is 264. The first-order valence-corrected chi connectivity index (χ1v) is 5.69. The molecule has 5 nitrogen and oxygen atoms in total. The Kier molecular flexibility index (Phi) is 8.05. The monoisotopic (exact) mass is 242 g/mol. The molecule has 0 aliphatic rings. The van der Waals surface area contributed by atoms with Crippen LogP contribution in [0.3, 0.4) is 0 Å². The van der Waals surface area contributed by atoms with Crippen molar-refractivity contribution < 1.29 is 14.3 Å². The van der Waals surface area contributed by atoms with Crippen molar-refractivity contribution in [3.05, 3.63) is 12.7 Å². The van der Waals surface area contributed by atoms with Crippen molar-refractivity contribution in [2.45, 2.75) is 26.3 Å². The van der Waals surface area contributed by atoms with Gasteiger partial charge in [-0.15, -0.1) is 6.58 Å². The van der Waals surface area contributed by atoms with Gasteiger partial charge in [0.1, 0.15) is 0 Å². The van der Waals surface area contributed by atoms with Crippen LogP contribution in [-0.4, -0.2) is 49.6 Å². The number of methoxy groups -OCH3 is 1. The fraction of sp³-hybridized carbons (Fsp3) is 0.667. The molecule has 0 aliphatic heterocycles. The maximum absolute atomic E-state index is 11.5. The van der Waals surface area contributed by atoms with Gasteiger partial charge in [-0.05, 0) is 13.8 Å². The second-order valence-electron chi connectivity index (χ2n) is 3.98. The Morgan fingerprint density at radius 3 is 2.59 bits per heavy atom. The van der Waals surface area contributed by atoms with Gasteiger partial charge in [-0.2, -0.15) is 0 Å². The van der Waals surface area contributed by atoms with E-state index in [2.05, 4.69) is 16.6 Å². The standard InChI is InChI=1S/C12H22N2O3/c1-5-7-13-11(15)9-14(10(2)3)8-6-12(16)17-4/h5,10H,1,6-9H2,2-4H3,(H,13,15). The highest BCUT2D eigenvalue weighted by atomic mass is 16.5. The highest BCUT2D eigenvalue weighted by Gasteiger charge is 2.15. The molecule has 0 aliphatic carbocycles. The summed E-state index contributed by atoms with van der Waals surface area (Å²) in [6, 6.07) is 0.203. The zero-order chi connectivity index (χ0) is 13.3. The maximum atomic E-state index is 11.5. The van der Waals surface area contributed by atoms with E-state index in [-0.39, 0.29) is 24.5 Å². The molecule has 0 fully saturated rings. The topological polar surface area (TPSA) is 58.6 Å². The van der Waals surface area contributed by atoms with Crippen molar-refractivity contribution in [1.29, 1.82) is 0 Å². The van der Waals surface area contributed by atoms with Crippen molar-refractivity contribution in [2.24, 2.45) is 0 Å². The van der Waals surface area contributed by atoms with Crippen LogP contribution < -0.4 is 5.32 Å². The summed E-state index contributed by atoms with van der Waals surface area (Å²) in [5.41, 5.74) is 0. The normalized spacial score (nSPS) is 10.4. The van der Waals surface area contributed by atoms with E-state index in [4.69, 9.17) is 0 Å². The first kappa shape index (κ1) is 15.6. The average Bonchev–Trinajstić information content (AvgIpc) is 2.30. The largest absolute Gasteiger partial charge is 0.469 e. The van der Waals surface area contributed by atoms with Gasteiger partial charge < -0.3 is 10.1 Å². The third-order valence-corrected chi connectivity index (χ3v) is 2.35.